The van der Waals surface area contributed by atoms with Gasteiger partial charge in [-0.2, -0.15) is 0 Å². The maximum Gasteiger partial charge on any atom is 0.171 e. The van der Waals surface area contributed by atoms with E-state index in [2.05, 4.69) is 29.6 Å². The highest BCUT2D eigenvalue weighted by Crippen LogP contribution is 2.37. The minimum absolute atomic E-state index is 0.124. The first-order valence-corrected chi connectivity index (χ1v) is 15.7. The maximum absolute atomic E-state index is 10.4. The summed E-state index contributed by atoms with van der Waals surface area (Å²) in [6, 6.07) is 27.1. The van der Waals surface area contributed by atoms with E-state index in [4.69, 9.17) is 0 Å². The molecule has 0 aliphatic rings. The Labute approximate surface area is 268 Å². The number of unbranched alkanes of at least 4 members (excludes halogenated alkanes) is 3. The lowest BCUT2D eigenvalue weighted by atomic mass is 10.1. The van der Waals surface area contributed by atoms with Gasteiger partial charge in [0.15, 0.2) is 24.8 Å². The van der Waals surface area contributed by atoms with Crippen LogP contribution in [-0.4, -0.2) is 10.2 Å². The summed E-state index contributed by atoms with van der Waals surface area (Å²) in [4.78, 5) is 0. The predicted molar refractivity (Wildman–Crippen MR) is 181 cm³/mol. The van der Waals surface area contributed by atoms with Gasteiger partial charge in [-0.05, 0) is 61.7 Å². The van der Waals surface area contributed by atoms with Crippen LogP contribution < -0.4 is 9.13 Å². The number of rotatable bonds is 11. The Morgan fingerprint density at radius 3 is 1.28 bits per heavy atom. The van der Waals surface area contributed by atoms with E-state index < -0.39 is 0 Å². The molecule has 46 heavy (non-hydrogen) atoms. The Bertz CT molecular complexity index is 1880. The fraction of sp³-hybridized carbons (Fsp3) is 0.211. The summed E-state index contributed by atoms with van der Waals surface area (Å²) in [6.07, 6.45) is 12.6. The molecule has 2 heterocycles. The topological polar surface area (TPSA) is 97.7 Å². The van der Waals surface area contributed by atoms with Gasteiger partial charge in [0.25, 0.3) is 0 Å². The van der Waals surface area contributed by atoms with Gasteiger partial charge in [0.05, 0.1) is 11.4 Å². The van der Waals surface area contributed by atoms with E-state index in [1.807, 2.05) is 111 Å². The fourth-order valence-corrected chi connectivity index (χ4v) is 5.51. The van der Waals surface area contributed by atoms with Crippen molar-refractivity contribution in [2.75, 3.05) is 0 Å². The Balaban J connectivity index is 0.945. The van der Waals surface area contributed by atoms with Crippen molar-refractivity contribution in [3.63, 3.8) is 0 Å². The second-order valence-corrected chi connectivity index (χ2v) is 11.7. The van der Waals surface area contributed by atoms with Gasteiger partial charge in [0.1, 0.15) is 36.0 Å². The first-order valence-electron chi connectivity index (χ1n) is 15.7. The molecule has 230 valence electrons. The maximum atomic E-state index is 10.4. The molecule has 8 heteroatoms. The van der Waals surface area contributed by atoms with Gasteiger partial charge in [-0.25, -0.2) is 9.13 Å². The number of aromatic hydroxyl groups is 2. The highest BCUT2D eigenvalue weighted by atomic mass is 16.3. The first kappa shape index (κ1) is 30.5. The van der Waals surface area contributed by atoms with Gasteiger partial charge >= 0.3 is 0 Å². The predicted octanol–water partition coefficient (Wildman–Crippen LogP) is 9.69. The third-order valence-corrected chi connectivity index (χ3v) is 8.12. The van der Waals surface area contributed by atoms with Crippen LogP contribution in [0.5, 0.6) is 11.5 Å². The van der Waals surface area contributed by atoms with Crippen LogP contribution >= 0.6 is 0 Å². The van der Waals surface area contributed by atoms with Crippen LogP contribution in [0, 0.1) is 13.8 Å². The molecule has 0 amide bonds. The molecule has 0 radical (unpaired) electrons. The van der Waals surface area contributed by atoms with Crippen LogP contribution in [0.2, 0.25) is 0 Å². The van der Waals surface area contributed by atoms with E-state index in [0.29, 0.717) is 11.4 Å². The number of phenols is 2. The summed E-state index contributed by atoms with van der Waals surface area (Å²) < 4.78 is 4.33. The van der Waals surface area contributed by atoms with Crippen molar-refractivity contribution in [2.45, 2.75) is 52.6 Å². The molecule has 0 spiro atoms. The van der Waals surface area contributed by atoms with Gasteiger partial charge in [0, 0.05) is 47.9 Å². The minimum Gasteiger partial charge on any atom is -0.506 e. The minimum atomic E-state index is 0.124. The van der Waals surface area contributed by atoms with Crippen LogP contribution in [0.1, 0.15) is 36.8 Å². The lowest BCUT2D eigenvalue weighted by molar-refractivity contribution is -0.698. The van der Waals surface area contributed by atoms with Crippen LogP contribution in [0.3, 0.4) is 0 Å². The number of hydrogen-bond acceptors (Lipinski definition) is 6. The van der Waals surface area contributed by atoms with Crippen molar-refractivity contribution in [1.82, 2.24) is 0 Å². The highest BCUT2D eigenvalue weighted by molar-refractivity contribution is 5.96. The summed E-state index contributed by atoms with van der Waals surface area (Å²) in [7, 11) is 0. The summed E-state index contributed by atoms with van der Waals surface area (Å²) in [5, 5.41) is 42.1. The molecule has 0 aliphatic heterocycles. The van der Waals surface area contributed by atoms with Crippen molar-refractivity contribution >= 4 is 44.3 Å². The summed E-state index contributed by atoms with van der Waals surface area (Å²) in [6.45, 7) is 5.94. The summed E-state index contributed by atoms with van der Waals surface area (Å²) >= 11 is 0. The third-order valence-electron chi connectivity index (χ3n) is 8.12. The molecule has 0 fully saturated rings. The zero-order chi connectivity index (χ0) is 31.9. The number of azo groups is 2. The van der Waals surface area contributed by atoms with Gasteiger partial charge in [-0.1, -0.05) is 47.5 Å². The van der Waals surface area contributed by atoms with E-state index in [1.54, 1.807) is 12.1 Å². The average molecular weight is 611 g/mol. The van der Waals surface area contributed by atoms with E-state index in [1.165, 1.54) is 0 Å². The molecule has 2 N–H and O–H groups in total. The van der Waals surface area contributed by atoms with Crippen LogP contribution in [0.25, 0.3) is 21.5 Å². The zero-order valence-electron chi connectivity index (χ0n) is 26.2. The Hall–Kier alpha value is -5.50. The van der Waals surface area contributed by atoms with Crippen LogP contribution in [0.4, 0.5) is 22.7 Å². The molecular formula is C38H38N6O2+2. The molecular weight excluding hydrogens is 572 g/mol. The highest BCUT2D eigenvalue weighted by Gasteiger charge is 2.09. The second-order valence-electron chi connectivity index (χ2n) is 11.7. The number of fused-ring (bicyclic) bond motifs is 2. The number of benzene rings is 4. The number of aromatic nitrogens is 2. The quantitative estimate of drug-likeness (QED) is 0.0867. The molecule has 0 saturated heterocycles. The van der Waals surface area contributed by atoms with E-state index in [-0.39, 0.29) is 11.5 Å². The van der Waals surface area contributed by atoms with Gasteiger partial charge in [-0.3, -0.25) is 0 Å². The number of nitrogens with zero attached hydrogens (tertiary/aromatic N) is 6. The number of pyridine rings is 2. The molecule has 0 bridgehead atoms. The van der Waals surface area contributed by atoms with Crippen LogP contribution in [0.15, 0.2) is 130 Å². The fourth-order valence-electron chi connectivity index (χ4n) is 5.51. The molecule has 8 nitrogen and oxygen atoms in total. The van der Waals surface area contributed by atoms with E-state index in [0.717, 1.165) is 82.8 Å². The van der Waals surface area contributed by atoms with Crippen molar-refractivity contribution in [3.05, 3.63) is 121 Å². The van der Waals surface area contributed by atoms with Gasteiger partial charge in [0.2, 0.25) is 0 Å². The Morgan fingerprint density at radius 2 is 0.870 bits per heavy atom. The molecule has 4 aromatic carbocycles. The average Bonchev–Trinajstić information content (AvgIpc) is 3.06. The lowest BCUT2D eigenvalue weighted by Crippen LogP contribution is -2.33. The molecule has 0 aliphatic carbocycles. The molecule has 6 aromatic rings. The van der Waals surface area contributed by atoms with Gasteiger partial charge < -0.3 is 10.2 Å². The largest absolute Gasteiger partial charge is 0.506 e. The standard InChI is InChI=1S/C38H36N6O2/c1-27-7-9-29-11-13-35(45)37(33(29)25-27)41-39-31-15-21-43(22-16-31)19-5-3-4-6-20-44-23-17-32(18-24-44)40-42-38-34-26-28(2)8-10-30(34)12-14-36(38)46/h7-18,21-26H,3-6,19-20H2,1-2H3/p+2. The third kappa shape index (κ3) is 7.41. The van der Waals surface area contributed by atoms with Crippen molar-refractivity contribution in [2.24, 2.45) is 20.5 Å². The lowest BCUT2D eigenvalue weighted by Gasteiger charge is -2.05. The molecule has 6 rings (SSSR count). The number of hydrogen-bond donors (Lipinski definition) is 2. The monoisotopic (exact) mass is 610 g/mol. The number of aryl methyl sites for hydroxylation is 4. The second kappa shape index (κ2) is 14.1. The number of phenolic OH excluding ortho intramolecular Hbond substituents is 2. The summed E-state index contributed by atoms with van der Waals surface area (Å²) in [5.74, 6) is 0.249. The molecule has 0 unspecified atom stereocenters. The van der Waals surface area contributed by atoms with E-state index >= 15 is 0 Å². The normalized spacial score (nSPS) is 11.8. The smallest absolute Gasteiger partial charge is 0.171 e. The molecule has 2 aromatic heterocycles. The Kier molecular flexibility index (Phi) is 9.34. The summed E-state index contributed by atoms with van der Waals surface area (Å²) in [5.41, 5.74) is 4.69. The van der Waals surface area contributed by atoms with E-state index in [9.17, 15) is 10.2 Å². The van der Waals surface area contributed by atoms with Crippen molar-refractivity contribution in [1.29, 1.82) is 0 Å². The molecule has 0 atom stereocenters. The molecule has 0 saturated carbocycles. The Morgan fingerprint density at radius 1 is 0.478 bits per heavy atom. The SMILES string of the molecule is Cc1ccc2ccc(O)c(N=Nc3cc[n+](CCCCCC[n+]4ccc(N=Nc5c(O)ccc6ccc(C)cc56)cc4)cc3)c2c1. The zero-order valence-corrected chi connectivity index (χ0v) is 26.2. The van der Waals surface area contributed by atoms with Crippen molar-refractivity contribution in [3.8, 4) is 11.5 Å². The first-order chi connectivity index (χ1) is 22.4. The van der Waals surface area contributed by atoms with Gasteiger partial charge in [-0.15, -0.1) is 20.5 Å². The van der Waals surface area contributed by atoms with Crippen molar-refractivity contribution < 1.29 is 19.3 Å². The van der Waals surface area contributed by atoms with Crippen LogP contribution in [-0.2, 0) is 13.1 Å².